The summed E-state index contributed by atoms with van der Waals surface area (Å²) < 4.78 is 0. The maximum absolute atomic E-state index is 11.9. The van der Waals surface area contributed by atoms with Gasteiger partial charge in [-0.15, -0.1) is 0 Å². The molecule has 0 radical (unpaired) electrons. The van der Waals surface area contributed by atoms with Gasteiger partial charge in [-0.2, -0.15) is 0 Å². The molecule has 0 fully saturated rings. The first-order valence-electron chi connectivity index (χ1n) is 6.66. The molecule has 0 unspecified atom stereocenters. The second kappa shape index (κ2) is 7.83. The van der Waals surface area contributed by atoms with Gasteiger partial charge in [0.1, 0.15) is 0 Å². The third-order valence-electron chi connectivity index (χ3n) is 2.82. The van der Waals surface area contributed by atoms with E-state index in [2.05, 4.69) is 22.1 Å². The number of rotatable bonds is 4. The summed E-state index contributed by atoms with van der Waals surface area (Å²) in [5, 5.41) is 11.5. The second-order valence-corrected chi connectivity index (χ2v) is 4.39. The summed E-state index contributed by atoms with van der Waals surface area (Å²) >= 11 is 0. The number of aromatic nitrogens is 1. The molecule has 0 bridgehead atoms. The molecule has 106 valence electrons. The van der Waals surface area contributed by atoms with E-state index in [1.807, 2.05) is 24.3 Å². The van der Waals surface area contributed by atoms with Crippen LogP contribution in [0.25, 0.3) is 0 Å². The van der Waals surface area contributed by atoms with Gasteiger partial charge in [0.05, 0.1) is 6.61 Å². The molecule has 0 aliphatic rings. The number of carbonyl (C=O) groups excluding carboxylic acids is 1. The molecule has 2 N–H and O–H groups in total. The highest BCUT2D eigenvalue weighted by Crippen LogP contribution is 2.04. The van der Waals surface area contributed by atoms with Gasteiger partial charge in [0, 0.05) is 36.5 Å². The highest BCUT2D eigenvalue weighted by molar-refractivity contribution is 5.93. The van der Waals surface area contributed by atoms with E-state index in [0.29, 0.717) is 18.5 Å². The Kier molecular flexibility index (Phi) is 5.50. The van der Waals surface area contributed by atoms with E-state index in [1.165, 1.54) is 0 Å². The Labute approximate surface area is 123 Å². The molecule has 1 aromatic carbocycles. The Morgan fingerprint density at radius 2 is 1.86 bits per heavy atom. The molecule has 21 heavy (non-hydrogen) atoms. The van der Waals surface area contributed by atoms with E-state index in [1.54, 1.807) is 24.5 Å². The van der Waals surface area contributed by atoms with Crippen LogP contribution in [0, 0.1) is 11.8 Å². The molecule has 4 nitrogen and oxygen atoms in total. The molecule has 1 amide bonds. The van der Waals surface area contributed by atoms with Gasteiger partial charge < -0.3 is 10.4 Å². The fraction of sp³-hybridized carbons (Fsp3) is 0.176. The van der Waals surface area contributed by atoms with Gasteiger partial charge in [-0.3, -0.25) is 9.78 Å². The number of aliphatic hydroxyl groups excluding tert-OH is 1. The minimum atomic E-state index is -0.121. The zero-order valence-electron chi connectivity index (χ0n) is 11.5. The topological polar surface area (TPSA) is 62.2 Å². The molecule has 1 aromatic heterocycles. The zero-order chi connectivity index (χ0) is 14.9. The van der Waals surface area contributed by atoms with Crippen molar-refractivity contribution in [2.24, 2.45) is 0 Å². The monoisotopic (exact) mass is 280 g/mol. The van der Waals surface area contributed by atoms with Crippen LogP contribution in [0.15, 0.2) is 48.8 Å². The fourth-order valence-corrected chi connectivity index (χ4v) is 1.71. The van der Waals surface area contributed by atoms with Crippen LogP contribution in [0.5, 0.6) is 0 Å². The summed E-state index contributed by atoms with van der Waals surface area (Å²) in [6.07, 6.45) is 3.66. The lowest BCUT2D eigenvalue weighted by atomic mass is 10.1. The van der Waals surface area contributed by atoms with E-state index < -0.39 is 0 Å². The summed E-state index contributed by atoms with van der Waals surface area (Å²) in [4.78, 5) is 15.8. The van der Waals surface area contributed by atoms with E-state index in [9.17, 15) is 4.79 Å². The SMILES string of the molecule is O=C(NCc1ccc(C#CCCO)cc1)c1ccncc1. The standard InChI is InChI=1S/C17H16N2O2/c20-12-2-1-3-14-4-6-15(7-5-14)13-19-17(21)16-8-10-18-11-9-16/h4-11,20H,2,12-13H2,(H,19,21). The average Bonchev–Trinajstić information content (AvgIpc) is 2.55. The van der Waals surface area contributed by atoms with Crippen molar-refractivity contribution in [3.8, 4) is 11.8 Å². The third-order valence-corrected chi connectivity index (χ3v) is 2.82. The van der Waals surface area contributed by atoms with Gasteiger partial charge in [0.2, 0.25) is 0 Å². The Hall–Kier alpha value is -2.64. The van der Waals surface area contributed by atoms with Gasteiger partial charge in [0.15, 0.2) is 0 Å². The maximum atomic E-state index is 11.9. The minimum Gasteiger partial charge on any atom is -0.395 e. The molecule has 0 aliphatic carbocycles. The molecule has 0 saturated heterocycles. The second-order valence-electron chi connectivity index (χ2n) is 4.39. The van der Waals surface area contributed by atoms with E-state index >= 15 is 0 Å². The molecule has 0 spiro atoms. The summed E-state index contributed by atoms with van der Waals surface area (Å²) in [5.41, 5.74) is 2.49. The molecule has 0 saturated carbocycles. The van der Waals surface area contributed by atoms with E-state index in [-0.39, 0.29) is 12.5 Å². The highest BCUT2D eigenvalue weighted by atomic mass is 16.2. The first-order valence-corrected chi connectivity index (χ1v) is 6.66. The Morgan fingerprint density at radius 1 is 1.14 bits per heavy atom. The van der Waals surface area contributed by atoms with E-state index in [0.717, 1.165) is 11.1 Å². The summed E-state index contributed by atoms with van der Waals surface area (Å²) in [7, 11) is 0. The first-order chi connectivity index (χ1) is 10.3. The fourth-order valence-electron chi connectivity index (χ4n) is 1.71. The average molecular weight is 280 g/mol. The molecular formula is C17H16N2O2. The maximum Gasteiger partial charge on any atom is 0.251 e. The first kappa shape index (κ1) is 14.8. The largest absolute Gasteiger partial charge is 0.395 e. The smallest absolute Gasteiger partial charge is 0.251 e. The number of aliphatic hydroxyl groups is 1. The van der Waals surface area contributed by atoms with Crippen molar-refractivity contribution in [1.29, 1.82) is 0 Å². The van der Waals surface area contributed by atoms with Crippen molar-refractivity contribution in [2.45, 2.75) is 13.0 Å². The quantitative estimate of drug-likeness (QED) is 0.839. The Bertz CT molecular complexity index is 640. The highest BCUT2D eigenvalue weighted by Gasteiger charge is 2.03. The number of carbonyl (C=O) groups is 1. The number of amides is 1. The summed E-state index contributed by atoms with van der Waals surface area (Å²) in [6.45, 7) is 0.539. The third kappa shape index (κ3) is 4.75. The number of pyridine rings is 1. The Balaban J connectivity index is 1.90. The zero-order valence-corrected chi connectivity index (χ0v) is 11.5. The predicted octanol–water partition coefficient (Wildman–Crippen LogP) is 1.75. The van der Waals surface area contributed by atoms with Gasteiger partial charge in [-0.25, -0.2) is 0 Å². The normalized spacial score (nSPS) is 9.57. The molecule has 0 aliphatic heterocycles. The van der Waals surface area contributed by atoms with Crippen molar-refractivity contribution < 1.29 is 9.90 Å². The van der Waals surface area contributed by atoms with Crippen LogP contribution in [-0.4, -0.2) is 22.6 Å². The van der Waals surface area contributed by atoms with Crippen molar-refractivity contribution in [1.82, 2.24) is 10.3 Å². The number of benzene rings is 1. The predicted molar refractivity (Wildman–Crippen MR) is 80.4 cm³/mol. The summed E-state index contributed by atoms with van der Waals surface area (Å²) in [6, 6.07) is 11.0. The molecule has 4 heteroatoms. The molecule has 0 atom stereocenters. The van der Waals surface area contributed by atoms with Gasteiger partial charge in [0.25, 0.3) is 5.91 Å². The number of hydrogen-bond acceptors (Lipinski definition) is 3. The van der Waals surface area contributed by atoms with Crippen molar-refractivity contribution in [2.75, 3.05) is 6.61 Å². The number of nitrogens with zero attached hydrogens (tertiary/aromatic N) is 1. The number of nitrogens with one attached hydrogen (secondary N) is 1. The van der Waals surface area contributed by atoms with Crippen LogP contribution in [0.2, 0.25) is 0 Å². The lowest BCUT2D eigenvalue weighted by molar-refractivity contribution is 0.0951. The lowest BCUT2D eigenvalue weighted by Crippen LogP contribution is -2.22. The minimum absolute atomic E-state index is 0.0755. The van der Waals surface area contributed by atoms with Crippen LogP contribution >= 0.6 is 0 Å². The summed E-state index contributed by atoms with van der Waals surface area (Å²) in [5.74, 6) is 5.70. The molecule has 1 heterocycles. The van der Waals surface area contributed by atoms with E-state index in [4.69, 9.17) is 5.11 Å². The van der Waals surface area contributed by atoms with Gasteiger partial charge in [-0.1, -0.05) is 24.0 Å². The lowest BCUT2D eigenvalue weighted by Gasteiger charge is -2.05. The Morgan fingerprint density at radius 3 is 2.52 bits per heavy atom. The van der Waals surface area contributed by atoms with Crippen molar-refractivity contribution in [3.05, 3.63) is 65.5 Å². The van der Waals surface area contributed by atoms with Crippen LogP contribution in [0.4, 0.5) is 0 Å². The molecular weight excluding hydrogens is 264 g/mol. The van der Waals surface area contributed by atoms with Gasteiger partial charge in [-0.05, 0) is 29.8 Å². The van der Waals surface area contributed by atoms with Crippen molar-refractivity contribution in [3.63, 3.8) is 0 Å². The van der Waals surface area contributed by atoms with Crippen LogP contribution < -0.4 is 5.32 Å². The van der Waals surface area contributed by atoms with Crippen LogP contribution in [-0.2, 0) is 6.54 Å². The van der Waals surface area contributed by atoms with Gasteiger partial charge >= 0.3 is 0 Å². The van der Waals surface area contributed by atoms with Crippen LogP contribution in [0.1, 0.15) is 27.9 Å². The molecule has 2 rings (SSSR count). The molecule has 2 aromatic rings. The van der Waals surface area contributed by atoms with Crippen LogP contribution in [0.3, 0.4) is 0 Å². The van der Waals surface area contributed by atoms with Crippen molar-refractivity contribution >= 4 is 5.91 Å². The number of hydrogen-bond donors (Lipinski definition) is 2.